The van der Waals surface area contributed by atoms with Crippen LogP contribution in [0, 0.1) is 11.8 Å². The first-order valence-corrected chi connectivity index (χ1v) is 7.53. The molecule has 3 rings (SSSR count). The third-order valence-electron chi connectivity index (χ3n) is 4.25. The topological polar surface area (TPSA) is 71.3 Å². The molecule has 1 saturated heterocycles. The molecule has 6 heteroatoms. The predicted octanol–water partition coefficient (Wildman–Crippen LogP) is 1.69. The van der Waals surface area contributed by atoms with Crippen molar-refractivity contribution in [2.75, 3.05) is 18.4 Å². The first kappa shape index (κ1) is 14.0. The number of amides is 1. The van der Waals surface area contributed by atoms with Crippen molar-refractivity contribution in [2.24, 2.45) is 11.8 Å². The monoisotopic (exact) mass is 287 g/mol. The van der Waals surface area contributed by atoms with Crippen molar-refractivity contribution >= 4 is 17.4 Å². The minimum Gasteiger partial charge on any atom is -0.317 e. The van der Waals surface area contributed by atoms with E-state index >= 15 is 0 Å². The summed E-state index contributed by atoms with van der Waals surface area (Å²) in [4.78, 5) is 16.4. The van der Waals surface area contributed by atoms with Gasteiger partial charge in [0.2, 0.25) is 5.91 Å². The Morgan fingerprint density at radius 1 is 1.43 bits per heavy atom. The maximum Gasteiger partial charge on any atom is 0.225 e. The summed E-state index contributed by atoms with van der Waals surface area (Å²) >= 11 is 0. The Hall–Kier alpha value is -1.95. The van der Waals surface area contributed by atoms with Crippen molar-refractivity contribution in [2.45, 2.75) is 26.2 Å². The summed E-state index contributed by atoms with van der Waals surface area (Å²) in [7, 11) is 0. The molecule has 2 N–H and O–H groups in total. The Kier molecular flexibility index (Phi) is 4.15. The number of nitrogens with one attached hydrogen (secondary N) is 2. The van der Waals surface area contributed by atoms with E-state index in [1.165, 1.54) is 0 Å². The van der Waals surface area contributed by atoms with Crippen molar-refractivity contribution in [1.29, 1.82) is 0 Å². The first-order chi connectivity index (χ1) is 10.2. The number of carbonyl (C=O) groups excluding carboxylic acids is 1. The van der Waals surface area contributed by atoms with Crippen molar-refractivity contribution in [3.63, 3.8) is 0 Å². The van der Waals surface area contributed by atoms with Crippen molar-refractivity contribution in [3.05, 3.63) is 24.5 Å². The van der Waals surface area contributed by atoms with Gasteiger partial charge in [-0.1, -0.05) is 6.92 Å². The maximum absolute atomic E-state index is 12.2. The number of hydrogen-bond donors (Lipinski definition) is 2. The van der Waals surface area contributed by atoms with Gasteiger partial charge in [-0.2, -0.15) is 9.61 Å². The van der Waals surface area contributed by atoms with Crippen LogP contribution in [0.5, 0.6) is 0 Å². The zero-order valence-corrected chi connectivity index (χ0v) is 12.2. The highest BCUT2D eigenvalue weighted by atomic mass is 16.1. The van der Waals surface area contributed by atoms with E-state index in [0.717, 1.165) is 31.6 Å². The van der Waals surface area contributed by atoms with Gasteiger partial charge in [-0.15, -0.1) is 0 Å². The van der Waals surface area contributed by atoms with E-state index < -0.39 is 0 Å². The number of rotatable bonds is 4. The van der Waals surface area contributed by atoms with Crippen LogP contribution in [0.25, 0.3) is 5.65 Å². The fraction of sp³-hybridized carbons (Fsp3) is 0.533. The van der Waals surface area contributed by atoms with Gasteiger partial charge in [-0.25, -0.2) is 4.98 Å². The van der Waals surface area contributed by atoms with Gasteiger partial charge in [0.15, 0.2) is 5.65 Å². The molecule has 1 atom stereocenters. The van der Waals surface area contributed by atoms with E-state index in [9.17, 15) is 4.79 Å². The van der Waals surface area contributed by atoms with Gasteiger partial charge in [-0.3, -0.25) is 4.79 Å². The van der Waals surface area contributed by atoms with Crippen molar-refractivity contribution in [1.82, 2.24) is 19.9 Å². The van der Waals surface area contributed by atoms with Gasteiger partial charge >= 0.3 is 0 Å². The zero-order valence-electron chi connectivity index (χ0n) is 12.2. The Balaban J connectivity index is 1.62. The lowest BCUT2D eigenvalue weighted by Crippen LogP contribution is -2.32. The lowest BCUT2D eigenvalue weighted by atomic mass is 9.84. The van der Waals surface area contributed by atoms with Crippen LogP contribution in [0.15, 0.2) is 24.5 Å². The molecule has 6 nitrogen and oxygen atoms in total. The first-order valence-electron chi connectivity index (χ1n) is 7.53. The average Bonchev–Trinajstić information content (AvgIpc) is 2.97. The third-order valence-corrected chi connectivity index (χ3v) is 4.25. The Bertz CT molecular complexity index is 617. The number of anilines is 1. The molecule has 0 bridgehead atoms. The molecule has 2 aromatic rings. The zero-order chi connectivity index (χ0) is 14.7. The summed E-state index contributed by atoms with van der Waals surface area (Å²) in [5.41, 5.74) is 0.735. The standard InChI is InChI=1S/C15H21N5O/c1-11(12-2-6-16-7-3-12)10-15(21)19-14-4-8-17-13-5-9-18-20(13)14/h4-5,8-9,11-12,16H,2-3,6-7,10H2,1H3,(H,19,21). The smallest absolute Gasteiger partial charge is 0.225 e. The van der Waals surface area contributed by atoms with Gasteiger partial charge in [-0.05, 0) is 43.8 Å². The fourth-order valence-corrected chi connectivity index (χ4v) is 3.00. The number of carbonyl (C=O) groups is 1. The second kappa shape index (κ2) is 6.22. The Labute approximate surface area is 123 Å². The van der Waals surface area contributed by atoms with Crippen molar-refractivity contribution in [3.8, 4) is 0 Å². The van der Waals surface area contributed by atoms with Gasteiger partial charge < -0.3 is 10.6 Å². The molecule has 1 unspecified atom stereocenters. The molecular formula is C15H21N5O. The van der Waals surface area contributed by atoms with Gasteiger partial charge in [0.05, 0.1) is 6.20 Å². The van der Waals surface area contributed by atoms with Gasteiger partial charge in [0.1, 0.15) is 5.82 Å². The lowest BCUT2D eigenvalue weighted by Gasteiger charge is -2.27. The van der Waals surface area contributed by atoms with E-state index in [4.69, 9.17) is 0 Å². The third kappa shape index (κ3) is 3.21. The van der Waals surface area contributed by atoms with Crippen LogP contribution < -0.4 is 10.6 Å². The molecule has 112 valence electrons. The molecule has 2 aromatic heterocycles. The molecule has 0 aliphatic carbocycles. The minimum atomic E-state index is 0.0454. The van der Waals surface area contributed by atoms with Crippen LogP contribution in [-0.2, 0) is 4.79 Å². The van der Waals surface area contributed by atoms with Crippen LogP contribution in [0.3, 0.4) is 0 Å². The highest BCUT2D eigenvalue weighted by molar-refractivity contribution is 5.90. The molecule has 0 spiro atoms. The van der Waals surface area contributed by atoms with E-state index in [2.05, 4.69) is 27.6 Å². The van der Waals surface area contributed by atoms with E-state index in [0.29, 0.717) is 24.1 Å². The summed E-state index contributed by atoms with van der Waals surface area (Å²) in [5, 5.41) is 10.5. The molecule has 1 aliphatic rings. The number of aromatic nitrogens is 3. The highest BCUT2D eigenvalue weighted by Gasteiger charge is 2.22. The maximum atomic E-state index is 12.2. The quantitative estimate of drug-likeness (QED) is 0.897. The van der Waals surface area contributed by atoms with Crippen LogP contribution in [0.2, 0.25) is 0 Å². The molecule has 1 fully saturated rings. The normalized spacial score (nSPS) is 17.8. The van der Waals surface area contributed by atoms with E-state index in [1.807, 2.05) is 6.07 Å². The number of fused-ring (bicyclic) bond motifs is 1. The Morgan fingerprint density at radius 2 is 2.24 bits per heavy atom. The second-order valence-electron chi connectivity index (χ2n) is 5.75. The van der Waals surface area contributed by atoms with Crippen LogP contribution in [-0.4, -0.2) is 33.6 Å². The lowest BCUT2D eigenvalue weighted by molar-refractivity contribution is -0.117. The predicted molar refractivity (Wildman–Crippen MR) is 81.0 cm³/mol. The number of hydrogen-bond acceptors (Lipinski definition) is 4. The molecule has 3 heterocycles. The summed E-state index contributed by atoms with van der Waals surface area (Å²) in [6.45, 7) is 4.30. The fourth-order valence-electron chi connectivity index (χ4n) is 3.00. The van der Waals surface area contributed by atoms with Gasteiger partial charge in [0.25, 0.3) is 0 Å². The molecular weight excluding hydrogens is 266 g/mol. The van der Waals surface area contributed by atoms with Crippen molar-refractivity contribution < 1.29 is 4.79 Å². The molecule has 1 amide bonds. The van der Waals surface area contributed by atoms with E-state index in [-0.39, 0.29) is 5.91 Å². The highest BCUT2D eigenvalue weighted by Crippen LogP contribution is 2.24. The molecule has 0 radical (unpaired) electrons. The van der Waals surface area contributed by atoms with Crippen LogP contribution in [0.1, 0.15) is 26.2 Å². The minimum absolute atomic E-state index is 0.0454. The Morgan fingerprint density at radius 3 is 3.05 bits per heavy atom. The number of piperidine rings is 1. The molecule has 21 heavy (non-hydrogen) atoms. The average molecular weight is 287 g/mol. The summed E-state index contributed by atoms with van der Waals surface area (Å²) < 4.78 is 1.65. The van der Waals surface area contributed by atoms with Crippen LogP contribution >= 0.6 is 0 Å². The summed E-state index contributed by atoms with van der Waals surface area (Å²) in [6.07, 6.45) is 6.23. The van der Waals surface area contributed by atoms with E-state index in [1.54, 1.807) is 23.0 Å². The van der Waals surface area contributed by atoms with Gasteiger partial charge in [0, 0.05) is 18.7 Å². The second-order valence-corrected chi connectivity index (χ2v) is 5.75. The largest absolute Gasteiger partial charge is 0.317 e. The number of nitrogens with zero attached hydrogens (tertiary/aromatic N) is 3. The van der Waals surface area contributed by atoms with Crippen LogP contribution in [0.4, 0.5) is 5.82 Å². The summed E-state index contributed by atoms with van der Waals surface area (Å²) in [5.74, 6) is 1.76. The molecule has 0 saturated carbocycles. The molecule has 0 aromatic carbocycles. The molecule has 1 aliphatic heterocycles. The SMILES string of the molecule is CC(CC(=O)Nc1ccnc2ccnn12)C1CCNCC1. The summed E-state index contributed by atoms with van der Waals surface area (Å²) in [6, 6.07) is 3.58.